The molecule has 0 radical (unpaired) electrons. The second kappa shape index (κ2) is 4.06. The van der Waals surface area contributed by atoms with Crippen molar-refractivity contribution in [2.24, 2.45) is 0 Å². The number of hydrogen-bond acceptors (Lipinski definition) is 4. The van der Waals surface area contributed by atoms with E-state index in [0.29, 0.717) is 12.4 Å². The molecule has 0 atom stereocenters. The summed E-state index contributed by atoms with van der Waals surface area (Å²) in [5, 5.41) is 8.82. The molecule has 2 rings (SSSR count). The summed E-state index contributed by atoms with van der Waals surface area (Å²) in [7, 11) is 0. The van der Waals surface area contributed by atoms with Crippen LogP contribution in [0.4, 0.5) is 0 Å². The Morgan fingerprint density at radius 2 is 2.36 bits per heavy atom. The molecule has 74 valence electrons. The van der Waals surface area contributed by atoms with E-state index in [0.717, 1.165) is 10.7 Å². The Kier molecular flexibility index (Phi) is 2.79. The van der Waals surface area contributed by atoms with Gasteiger partial charge in [-0.25, -0.2) is 9.67 Å². The van der Waals surface area contributed by atoms with Gasteiger partial charge in [-0.15, -0.1) is 28.0 Å². The molecule has 2 heterocycles. The number of rotatable bonds is 3. The fourth-order valence-corrected chi connectivity index (χ4v) is 2.13. The molecular weight excluding hydrogens is 220 g/mol. The van der Waals surface area contributed by atoms with E-state index in [4.69, 9.17) is 11.6 Å². The van der Waals surface area contributed by atoms with Crippen molar-refractivity contribution in [2.45, 2.75) is 19.3 Å². The van der Waals surface area contributed by atoms with Crippen molar-refractivity contribution in [2.75, 3.05) is 0 Å². The number of thiazole rings is 1. The molecular formula is C8H9ClN4S. The maximum Gasteiger partial charge on any atom is 0.0897 e. The van der Waals surface area contributed by atoms with Crippen LogP contribution in [-0.2, 0) is 12.4 Å². The first-order valence-electron chi connectivity index (χ1n) is 4.14. The zero-order valence-corrected chi connectivity index (χ0v) is 9.22. The standard InChI is InChI=1S/C8H9ClN4S/c1-6-10-4-8(14-6)5-13-7(2-9)3-11-12-13/h3-4H,2,5H2,1H3. The fourth-order valence-electron chi connectivity index (χ4n) is 1.14. The van der Waals surface area contributed by atoms with Crippen LogP contribution in [0.2, 0.25) is 0 Å². The Morgan fingerprint density at radius 1 is 1.50 bits per heavy atom. The van der Waals surface area contributed by atoms with Gasteiger partial charge in [-0.3, -0.25) is 0 Å². The van der Waals surface area contributed by atoms with Gasteiger partial charge < -0.3 is 0 Å². The van der Waals surface area contributed by atoms with Crippen molar-refractivity contribution in [1.82, 2.24) is 20.0 Å². The number of nitrogens with zero attached hydrogens (tertiary/aromatic N) is 4. The lowest BCUT2D eigenvalue weighted by molar-refractivity contribution is 0.636. The maximum atomic E-state index is 5.73. The van der Waals surface area contributed by atoms with Crippen molar-refractivity contribution < 1.29 is 0 Å². The number of alkyl halides is 1. The van der Waals surface area contributed by atoms with E-state index in [1.807, 2.05) is 13.1 Å². The van der Waals surface area contributed by atoms with Crippen LogP contribution in [0.1, 0.15) is 15.6 Å². The van der Waals surface area contributed by atoms with E-state index in [1.165, 1.54) is 4.88 Å². The monoisotopic (exact) mass is 228 g/mol. The number of hydrogen-bond donors (Lipinski definition) is 0. The van der Waals surface area contributed by atoms with Crippen molar-refractivity contribution in [3.05, 3.63) is 28.0 Å². The Labute approximate surface area is 90.5 Å². The third-order valence-electron chi connectivity index (χ3n) is 1.81. The first kappa shape index (κ1) is 9.61. The molecule has 2 aromatic heterocycles. The van der Waals surface area contributed by atoms with Gasteiger partial charge in [-0.05, 0) is 6.92 Å². The number of aromatic nitrogens is 4. The molecule has 0 aliphatic rings. The van der Waals surface area contributed by atoms with Gasteiger partial charge in [0.2, 0.25) is 0 Å². The van der Waals surface area contributed by atoms with Crippen LogP contribution < -0.4 is 0 Å². The number of halogens is 1. The maximum absolute atomic E-state index is 5.73. The zero-order chi connectivity index (χ0) is 9.97. The molecule has 0 amide bonds. The highest BCUT2D eigenvalue weighted by atomic mass is 35.5. The van der Waals surface area contributed by atoms with Crippen LogP contribution in [0.5, 0.6) is 0 Å². The van der Waals surface area contributed by atoms with Crippen LogP contribution in [-0.4, -0.2) is 20.0 Å². The summed E-state index contributed by atoms with van der Waals surface area (Å²) in [6, 6.07) is 0. The van der Waals surface area contributed by atoms with Crippen LogP contribution in [0, 0.1) is 6.92 Å². The predicted molar refractivity (Wildman–Crippen MR) is 55.5 cm³/mol. The van der Waals surface area contributed by atoms with Gasteiger partial charge in [0.15, 0.2) is 0 Å². The quantitative estimate of drug-likeness (QED) is 0.753. The Balaban J connectivity index is 2.18. The minimum absolute atomic E-state index is 0.435. The third-order valence-corrected chi connectivity index (χ3v) is 2.98. The van der Waals surface area contributed by atoms with Gasteiger partial charge in [0.05, 0.1) is 29.3 Å². The molecule has 0 saturated carbocycles. The lowest BCUT2D eigenvalue weighted by Crippen LogP contribution is -2.03. The molecule has 2 aromatic rings. The topological polar surface area (TPSA) is 43.6 Å². The first-order valence-corrected chi connectivity index (χ1v) is 5.49. The summed E-state index contributed by atoms with van der Waals surface area (Å²) in [5.41, 5.74) is 0.928. The minimum atomic E-state index is 0.435. The van der Waals surface area contributed by atoms with E-state index >= 15 is 0 Å². The highest BCUT2D eigenvalue weighted by molar-refractivity contribution is 7.11. The molecule has 0 spiro atoms. The van der Waals surface area contributed by atoms with Crippen LogP contribution in [0.15, 0.2) is 12.4 Å². The van der Waals surface area contributed by atoms with Gasteiger partial charge in [0.25, 0.3) is 0 Å². The molecule has 0 fully saturated rings. The Hall–Kier alpha value is -0.940. The zero-order valence-electron chi connectivity index (χ0n) is 7.64. The lowest BCUT2D eigenvalue weighted by Gasteiger charge is -1.99. The van der Waals surface area contributed by atoms with Gasteiger partial charge in [0, 0.05) is 11.1 Å². The smallest absolute Gasteiger partial charge is 0.0897 e. The van der Waals surface area contributed by atoms with Gasteiger partial charge in [-0.1, -0.05) is 5.21 Å². The van der Waals surface area contributed by atoms with E-state index in [-0.39, 0.29) is 0 Å². The summed E-state index contributed by atoms with van der Waals surface area (Å²) in [4.78, 5) is 5.34. The second-order valence-corrected chi connectivity index (χ2v) is 4.45. The van der Waals surface area contributed by atoms with Gasteiger partial charge >= 0.3 is 0 Å². The van der Waals surface area contributed by atoms with Gasteiger partial charge in [0.1, 0.15) is 0 Å². The van der Waals surface area contributed by atoms with Crippen molar-refractivity contribution in [3.8, 4) is 0 Å². The predicted octanol–water partition coefficient (Wildman–Crippen LogP) is 1.83. The molecule has 0 saturated heterocycles. The molecule has 4 nitrogen and oxygen atoms in total. The Morgan fingerprint density at radius 3 is 3.00 bits per heavy atom. The largest absolute Gasteiger partial charge is 0.250 e. The average molecular weight is 229 g/mol. The highest BCUT2D eigenvalue weighted by Gasteiger charge is 2.05. The minimum Gasteiger partial charge on any atom is -0.250 e. The van der Waals surface area contributed by atoms with Crippen molar-refractivity contribution in [1.29, 1.82) is 0 Å². The molecule has 0 bridgehead atoms. The highest BCUT2D eigenvalue weighted by Crippen LogP contribution is 2.13. The normalized spacial score (nSPS) is 10.7. The van der Waals surface area contributed by atoms with E-state index in [1.54, 1.807) is 22.2 Å². The molecule has 0 aliphatic heterocycles. The summed E-state index contributed by atoms with van der Waals surface area (Å²) >= 11 is 7.39. The third kappa shape index (κ3) is 1.93. The first-order chi connectivity index (χ1) is 6.79. The second-order valence-electron chi connectivity index (χ2n) is 2.86. The summed E-state index contributed by atoms with van der Waals surface area (Å²) in [6.07, 6.45) is 3.54. The van der Waals surface area contributed by atoms with E-state index in [2.05, 4.69) is 15.3 Å². The lowest BCUT2D eigenvalue weighted by atomic mass is 10.5. The molecule has 0 N–H and O–H groups in total. The van der Waals surface area contributed by atoms with Crippen molar-refractivity contribution in [3.63, 3.8) is 0 Å². The molecule has 6 heteroatoms. The summed E-state index contributed by atoms with van der Waals surface area (Å²) < 4.78 is 1.79. The summed E-state index contributed by atoms with van der Waals surface area (Å²) in [6.45, 7) is 2.69. The molecule has 0 unspecified atom stereocenters. The summed E-state index contributed by atoms with van der Waals surface area (Å²) in [5.74, 6) is 0.435. The average Bonchev–Trinajstić information content (AvgIpc) is 2.76. The Bertz CT molecular complexity index is 422. The van der Waals surface area contributed by atoms with Crippen LogP contribution >= 0.6 is 22.9 Å². The van der Waals surface area contributed by atoms with Gasteiger partial charge in [-0.2, -0.15) is 0 Å². The van der Waals surface area contributed by atoms with E-state index in [9.17, 15) is 0 Å². The van der Waals surface area contributed by atoms with Crippen LogP contribution in [0.25, 0.3) is 0 Å². The molecule has 0 aromatic carbocycles. The molecule has 14 heavy (non-hydrogen) atoms. The molecule has 0 aliphatic carbocycles. The van der Waals surface area contributed by atoms with Crippen molar-refractivity contribution >= 4 is 22.9 Å². The number of aryl methyl sites for hydroxylation is 1. The fraction of sp³-hybridized carbons (Fsp3) is 0.375. The SMILES string of the molecule is Cc1ncc(Cn2nncc2CCl)s1. The van der Waals surface area contributed by atoms with Crippen LogP contribution in [0.3, 0.4) is 0 Å². The van der Waals surface area contributed by atoms with E-state index < -0.39 is 0 Å².